The molecule has 0 spiro atoms. The Balaban J connectivity index is 1.69. The maximum absolute atomic E-state index is 12.8. The first-order valence-electron chi connectivity index (χ1n) is 10.7. The van der Waals surface area contributed by atoms with E-state index in [9.17, 15) is 20.1 Å². The molecule has 34 heavy (non-hydrogen) atoms. The van der Waals surface area contributed by atoms with Crippen molar-refractivity contribution in [1.29, 1.82) is 0 Å². The third-order valence-corrected chi connectivity index (χ3v) is 6.87. The zero-order valence-corrected chi connectivity index (χ0v) is 19.3. The Labute approximate surface area is 199 Å². The maximum atomic E-state index is 12.8. The highest BCUT2D eigenvalue weighted by molar-refractivity contribution is 7.71. The summed E-state index contributed by atoms with van der Waals surface area (Å²) in [7, 11) is 3.21. The zero-order valence-electron chi connectivity index (χ0n) is 18.5. The lowest BCUT2D eigenvalue weighted by molar-refractivity contribution is -0.0551. The molecule has 1 fully saturated rings. The van der Waals surface area contributed by atoms with E-state index in [4.69, 9.17) is 26.4 Å². The lowest BCUT2D eigenvalue weighted by Crippen LogP contribution is -2.36. The standard InChI is InChI=1S/C24H24N2O7S/c1-31-11-3-5-13-15(7-11)16-8-12(32-2)4-6-14(16)19(13)17-9-26(24(30)25-22(17)34)23-21(29)20(28)18(10-27)33-23/h3-9,18-21,23,27-29H,10H2,1-2H3,(H,25,30,34)/t18-,20-,21-,23-/m1/s1. The molecule has 5 rings (SSSR count). The molecule has 4 N–H and O–H groups in total. The van der Waals surface area contributed by atoms with Crippen LogP contribution >= 0.6 is 12.2 Å². The maximum Gasteiger partial charge on any atom is 0.328 e. The lowest BCUT2D eigenvalue weighted by Gasteiger charge is -2.21. The van der Waals surface area contributed by atoms with Crippen LogP contribution in [-0.4, -0.2) is 64.0 Å². The number of benzene rings is 2. The summed E-state index contributed by atoms with van der Waals surface area (Å²) in [5.41, 5.74) is 3.88. The van der Waals surface area contributed by atoms with Gasteiger partial charge < -0.3 is 29.5 Å². The summed E-state index contributed by atoms with van der Waals surface area (Å²) in [6.45, 7) is -0.494. The van der Waals surface area contributed by atoms with Crippen LogP contribution < -0.4 is 15.2 Å². The van der Waals surface area contributed by atoms with Crippen molar-refractivity contribution in [3.63, 3.8) is 0 Å². The molecule has 0 radical (unpaired) electrons. The van der Waals surface area contributed by atoms with Gasteiger partial charge >= 0.3 is 5.69 Å². The lowest BCUT2D eigenvalue weighted by atomic mass is 9.91. The molecular weight excluding hydrogens is 460 g/mol. The Morgan fingerprint density at radius 1 is 1.00 bits per heavy atom. The summed E-state index contributed by atoms with van der Waals surface area (Å²) in [6, 6.07) is 11.5. The number of ether oxygens (including phenoxy) is 3. The summed E-state index contributed by atoms with van der Waals surface area (Å²) < 4.78 is 17.9. The van der Waals surface area contributed by atoms with Gasteiger partial charge in [-0.25, -0.2) is 4.79 Å². The number of aromatic amines is 1. The van der Waals surface area contributed by atoms with Crippen LogP contribution in [0.2, 0.25) is 0 Å². The Morgan fingerprint density at radius 3 is 2.09 bits per heavy atom. The monoisotopic (exact) mass is 484 g/mol. The Morgan fingerprint density at radius 2 is 1.59 bits per heavy atom. The van der Waals surface area contributed by atoms with Gasteiger partial charge in [0.15, 0.2) is 6.23 Å². The van der Waals surface area contributed by atoms with Gasteiger partial charge in [-0.3, -0.25) is 9.55 Å². The molecule has 1 saturated heterocycles. The summed E-state index contributed by atoms with van der Waals surface area (Å²) in [6.07, 6.45) is -3.37. The van der Waals surface area contributed by atoms with Gasteiger partial charge in [-0.2, -0.15) is 0 Å². The van der Waals surface area contributed by atoms with Crippen molar-refractivity contribution in [2.24, 2.45) is 0 Å². The van der Waals surface area contributed by atoms with Crippen LogP contribution in [0.3, 0.4) is 0 Å². The summed E-state index contributed by atoms with van der Waals surface area (Å²) in [4.78, 5) is 15.4. The molecule has 0 bridgehead atoms. The third kappa shape index (κ3) is 3.46. The molecule has 0 amide bonds. The van der Waals surface area contributed by atoms with E-state index >= 15 is 0 Å². The molecule has 2 heterocycles. The zero-order chi connectivity index (χ0) is 24.1. The number of aliphatic hydroxyl groups excluding tert-OH is 3. The number of hydrogen-bond acceptors (Lipinski definition) is 8. The first-order chi connectivity index (χ1) is 16.4. The van der Waals surface area contributed by atoms with Gasteiger partial charge in [0.2, 0.25) is 0 Å². The van der Waals surface area contributed by atoms with Gasteiger partial charge in [0.05, 0.1) is 20.8 Å². The highest BCUT2D eigenvalue weighted by atomic mass is 32.1. The van der Waals surface area contributed by atoms with Crippen molar-refractivity contribution in [1.82, 2.24) is 9.55 Å². The smallest absolute Gasteiger partial charge is 0.328 e. The minimum Gasteiger partial charge on any atom is -0.497 e. The average Bonchev–Trinajstić information content (AvgIpc) is 3.32. The molecule has 3 aromatic rings. The quantitative estimate of drug-likeness (QED) is 0.316. The number of rotatable bonds is 5. The molecule has 4 atom stereocenters. The highest BCUT2D eigenvalue weighted by Crippen LogP contribution is 2.50. The van der Waals surface area contributed by atoms with Crippen LogP contribution in [0, 0.1) is 4.64 Å². The van der Waals surface area contributed by atoms with E-state index in [-0.39, 0.29) is 10.6 Å². The molecule has 1 aliphatic heterocycles. The number of fused-ring (bicyclic) bond motifs is 3. The minimum absolute atomic E-state index is 0.253. The summed E-state index contributed by atoms with van der Waals surface area (Å²) >= 11 is 5.55. The van der Waals surface area contributed by atoms with Crippen LogP contribution in [0.15, 0.2) is 47.4 Å². The molecule has 9 nitrogen and oxygen atoms in total. The van der Waals surface area contributed by atoms with E-state index < -0.39 is 36.8 Å². The van der Waals surface area contributed by atoms with Crippen molar-refractivity contribution in [2.75, 3.05) is 20.8 Å². The van der Waals surface area contributed by atoms with E-state index in [1.165, 1.54) is 4.57 Å². The Kier molecular flexibility index (Phi) is 5.78. The minimum atomic E-state index is -1.40. The number of hydrogen-bond donors (Lipinski definition) is 4. The van der Waals surface area contributed by atoms with Crippen LogP contribution in [0.5, 0.6) is 11.5 Å². The first kappa shape index (κ1) is 22.8. The molecule has 2 aromatic carbocycles. The second kappa shape index (κ2) is 8.64. The Hall–Kier alpha value is -3.02. The van der Waals surface area contributed by atoms with Crippen LogP contribution in [0.4, 0.5) is 0 Å². The molecule has 1 aromatic heterocycles. The fraction of sp³-hybridized carbons (Fsp3) is 0.333. The van der Waals surface area contributed by atoms with Gasteiger partial charge in [0, 0.05) is 17.7 Å². The second-order valence-electron chi connectivity index (χ2n) is 8.32. The molecule has 0 unspecified atom stereocenters. The van der Waals surface area contributed by atoms with Crippen molar-refractivity contribution in [3.8, 4) is 22.6 Å². The number of aromatic nitrogens is 2. The fourth-order valence-electron chi connectivity index (χ4n) is 4.80. The van der Waals surface area contributed by atoms with Crippen molar-refractivity contribution < 1.29 is 29.5 Å². The van der Waals surface area contributed by atoms with Crippen LogP contribution in [0.25, 0.3) is 11.1 Å². The molecule has 10 heteroatoms. The molecule has 0 saturated carbocycles. The van der Waals surface area contributed by atoms with Gasteiger partial charge in [-0.05, 0) is 46.5 Å². The SMILES string of the molecule is COc1ccc2c(c1)-c1cc(OC)ccc1C2c1cn([C@@H]2O[C@H](CO)[C@@H](O)[C@H]2O)c(=O)[nH]c1=S. The number of methoxy groups -OCH3 is 2. The normalized spacial score (nSPS) is 23.6. The summed E-state index contributed by atoms with van der Waals surface area (Å²) in [5.74, 6) is 1.10. The third-order valence-electron chi connectivity index (χ3n) is 6.53. The number of nitrogens with one attached hydrogen (secondary N) is 1. The topological polar surface area (TPSA) is 126 Å². The van der Waals surface area contributed by atoms with Gasteiger partial charge in [0.25, 0.3) is 0 Å². The molecular formula is C24H24N2O7S. The highest BCUT2D eigenvalue weighted by Gasteiger charge is 2.44. The molecule has 2 aliphatic rings. The predicted molar refractivity (Wildman–Crippen MR) is 125 cm³/mol. The van der Waals surface area contributed by atoms with E-state index in [0.717, 1.165) is 22.3 Å². The first-order valence-corrected chi connectivity index (χ1v) is 11.1. The van der Waals surface area contributed by atoms with E-state index in [0.29, 0.717) is 17.1 Å². The van der Waals surface area contributed by atoms with E-state index in [1.54, 1.807) is 20.4 Å². The second-order valence-corrected chi connectivity index (χ2v) is 8.73. The van der Waals surface area contributed by atoms with Gasteiger partial charge in [-0.1, -0.05) is 24.4 Å². The van der Waals surface area contributed by atoms with Crippen LogP contribution in [-0.2, 0) is 4.74 Å². The van der Waals surface area contributed by atoms with E-state index in [1.807, 2.05) is 36.4 Å². The van der Waals surface area contributed by atoms with Crippen molar-refractivity contribution in [3.05, 3.63) is 74.4 Å². The number of aliphatic hydroxyl groups is 3. The number of H-pyrrole nitrogens is 1. The fourth-order valence-corrected chi connectivity index (χ4v) is 5.06. The van der Waals surface area contributed by atoms with Crippen molar-refractivity contribution >= 4 is 12.2 Å². The Bertz CT molecular complexity index is 1310. The molecule has 178 valence electrons. The van der Waals surface area contributed by atoms with E-state index in [2.05, 4.69) is 4.98 Å². The largest absolute Gasteiger partial charge is 0.497 e. The number of nitrogens with zero attached hydrogens (tertiary/aromatic N) is 1. The van der Waals surface area contributed by atoms with Crippen molar-refractivity contribution in [2.45, 2.75) is 30.5 Å². The summed E-state index contributed by atoms with van der Waals surface area (Å²) in [5, 5.41) is 30.1. The molecule has 1 aliphatic carbocycles. The average molecular weight is 485 g/mol. The predicted octanol–water partition coefficient (Wildman–Crippen LogP) is 1.70. The van der Waals surface area contributed by atoms with Gasteiger partial charge in [-0.15, -0.1) is 0 Å². The van der Waals surface area contributed by atoms with Crippen LogP contribution in [0.1, 0.15) is 28.8 Å². The van der Waals surface area contributed by atoms with Gasteiger partial charge in [0.1, 0.15) is 34.5 Å².